The fourth-order valence-corrected chi connectivity index (χ4v) is 2.73. The minimum absolute atomic E-state index is 0.00810. The van der Waals surface area contributed by atoms with Crippen molar-refractivity contribution in [3.8, 4) is 17.2 Å². The Bertz CT molecular complexity index is 1180. The van der Waals surface area contributed by atoms with Crippen LogP contribution in [0.4, 0.5) is 36.3 Å². The second-order valence-electron chi connectivity index (χ2n) is 6.42. The number of hydrogen-bond donors (Lipinski definition) is 3. The largest absolute Gasteiger partial charge is 0.484 e. The lowest BCUT2D eigenvalue weighted by Crippen LogP contribution is -2.24. The molecule has 2 bridgehead atoms. The van der Waals surface area contributed by atoms with Gasteiger partial charge in [0.15, 0.2) is 29.7 Å². The molecule has 0 radical (unpaired) electrons. The molecule has 3 aromatic rings. The molecule has 2 aromatic carbocycles. The third-order valence-electron chi connectivity index (χ3n) is 4.28. The molecule has 2 aliphatic rings. The fourth-order valence-electron chi connectivity index (χ4n) is 2.73. The summed E-state index contributed by atoms with van der Waals surface area (Å²) < 4.78 is 57.5. The predicted molar refractivity (Wildman–Crippen MR) is 107 cm³/mol. The summed E-state index contributed by atoms with van der Waals surface area (Å²) in [6.07, 6.45) is 0.904. The Labute approximate surface area is 179 Å². The summed E-state index contributed by atoms with van der Waals surface area (Å²) in [6.45, 7) is -0.560. The van der Waals surface area contributed by atoms with E-state index in [0.717, 1.165) is 12.3 Å². The van der Waals surface area contributed by atoms with Crippen molar-refractivity contribution in [1.82, 2.24) is 15.3 Å². The van der Waals surface area contributed by atoms with Crippen molar-refractivity contribution in [2.24, 2.45) is 0 Å². The molecule has 12 heteroatoms. The van der Waals surface area contributed by atoms with E-state index in [1.807, 2.05) is 0 Å². The molecule has 3 heterocycles. The van der Waals surface area contributed by atoms with Crippen LogP contribution in [0.2, 0.25) is 0 Å². The Morgan fingerprint density at radius 1 is 1.16 bits per heavy atom. The molecule has 0 spiro atoms. The first-order valence-corrected chi connectivity index (χ1v) is 9.22. The molecule has 3 N–H and O–H groups in total. The van der Waals surface area contributed by atoms with E-state index in [2.05, 4.69) is 25.9 Å². The van der Waals surface area contributed by atoms with Crippen LogP contribution in [0.5, 0.6) is 17.2 Å². The van der Waals surface area contributed by atoms with Gasteiger partial charge in [0.05, 0.1) is 11.9 Å². The monoisotopic (exact) mass is 447 g/mol. The van der Waals surface area contributed by atoms with E-state index in [1.54, 1.807) is 24.3 Å². The number of anilines is 4. The van der Waals surface area contributed by atoms with Gasteiger partial charge in [-0.25, -0.2) is 9.37 Å². The highest BCUT2D eigenvalue weighted by Gasteiger charge is 2.25. The number of fused-ring (bicyclic) bond motifs is 4. The summed E-state index contributed by atoms with van der Waals surface area (Å²) in [5.41, 5.74) is 0.437. The zero-order valence-electron chi connectivity index (χ0n) is 16.5. The number of likely N-dealkylation sites (N-methyl/N-ethyl adjacent to an activating group) is 1. The van der Waals surface area contributed by atoms with E-state index in [4.69, 9.17) is 14.2 Å². The molecule has 5 rings (SSSR count). The van der Waals surface area contributed by atoms with Crippen molar-refractivity contribution in [1.29, 1.82) is 0 Å². The Morgan fingerprint density at radius 3 is 2.81 bits per heavy atom. The number of carbonyl (C=O) groups excluding carboxylic acids is 1. The van der Waals surface area contributed by atoms with E-state index >= 15 is 0 Å². The minimum Gasteiger partial charge on any atom is -0.484 e. The van der Waals surface area contributed by atoms with Crippen molar-refractivity contribution in [3.05, 3.63) is 54.0 Å². The van der Waals surface area contributed by atoms with Crippen molar-refractivity contribution in [2.75, 3.05) is 31.1 Å². The standard InChI is InChI=1S/C20H16F3N5O4/c1-24-15(29)8-30-11-4-2-3-10(5-11)26-20-25-7-12(21)19(28-20)27-13-6-14-16(22)17(23)18(13)32-9-31-14/h2-7H,8-9H2,1H3,(H,24,29)(H2,25,26,27,28). The van der Waals surface area contributed by atoms with Gasteiger partial charge in [0.1, 0.15) is 5.75 Å². The molecular formula is C20H16F3N5O4. The van der Waals surface area contributed by atoms with Crippen LogP contribution in [0, 0.1) is 17.5 Å². The molecule has 0 fully saturated rings. The van der Waals surface area contributed by atoms with Gasteiger partial charge in [-0.05, 0) is 12.1 Å². The number of nitrogens with zero attached hydrogens (tertiary/aromatic N) is 2. The van der Waals surface area contributed by atoms with Gasteiger partial charge < -0.3 is 30.2 Å². The van der Waals surface area contributed by atoms with E-state index in [1.165, 1.54) is 7.05 Å². The highest BCUT2D eigenvalue weighted by Crippen LogP contribution is 2.39. The van der Waals surface area contributed by atoms with Gasteiger partial charge in [-0.15, -0.1) is 0 Å². The van der Waals surface area contributed by atoms with Gasteiger partial charge in [0, 0.05) is 24.9 Å². The summed E-state index contributed by atoms with van der Waals surface area (Å²) in [4.78, 5) is 19.2. The molecule has 166 valence electrons. The van der Waals surface area contributed by atoms with E-state index in [-0.39, 0.29) is 35.7 Å². The summed E-state index contributed by atoms with van der Waals surface area (Å²) in [5.74, 6) is -4.32. The Kier molecular flexibility index (Phi) is 5.83. The van der Waals surface area contributed by atoms with Crippen molar-refractivity contribution < 1.29 is 32.2 Å². The van der Waals surface area contributed by atoms with Gasteiger partial charge in [-0.3, -0.25) is 4.79 Å². The Hall–Kier alpha value is -4.22. The van der Waals surface area contributed by atoms with Crippen LogP contribution in [0.3, 0.4) is 0 Å². The molecule has 1 amide bonds. The van der Waals surface area contributed by atoms with E-state index < -0.39 is 30.0 Å². The maximum atomic E-state index is 14.3. The molecule has 2 aliphatic heterocycles. The lowest BCUT2D eigenvalue weighted by atomic mass is 10.2. The first-order chi connectivity index (χ1) is 15.4. The van der Waals surface area contributed by atoms with Gasteiger partial charge in [0.2, 0.25) is 24.4 Å². The van der Waals surface area contributed by atoms with Crippen LogP contribution in [-0.4, -0.2) is 36.3 Å². The van der Waals surface area contributed by atoms with Gasteiger partial charge in [-0.2, -0.15) is 13.8 Å². The zero-order valence-corrected chi connectivity index (χ0v) is 16.5. The van der Waals surface area contributed by atoms with Gasteiger partial charge >= 0.3 is 0 Å². The van der Waals surface area contributed by atoms with Gasteiger partial charge in [0.25, 0.3) is 5.91 Å². The number of amides is 1. The van der Waals surface area contributed by atoms with Crippen LogP contribution in [0.25, 0.3) is 0 Å². The highest BCUT2D eigenvalue weighted by molar-refractivity contribution is 5.77. The van der Waals surface area contributed by atoms with Crippen LogP contribution in [0.15, 0.2) is 36.5 Å². The number of halogens is 3. The average Bonchev–Trinajstić information content (AvgIpc) is 3.08. The first kappa shape index (κ1) is 21.0. The molecule has 1 aromatic heterocycles. The van der Waals surface area contributed by atoms with Crippen LogP contribution >= 0.6 is 0 Å². The maximum absolute atomic E-state index is 14.3. The van der Waals surface area contributed by atoms with Crippen molar-refractivity contribution >= 4 is 29.0 Å². The average molecular weight is 447 g/mol. The third-order valence-corrected chi connectivity index (χ3v) is 4.28. The predicted octanol–water partition coefficient (Wildman–Crippen LogP) is 3.23. The summed E-state index contributed by atoms with van der Waals surface area (Å²) >= 11 is 0. The Morgan fingerprint density at radius 2 is 2.00 bits per heavy atom. The molecule has 32 heavy (non-hydrogen) atoms. The molecule has 0 saturated carbocycles. The lowest BCUT2D eigenvalue weighted by molar-refractivity contribution is -0.122. The zero-order chi connectivity index (χ0) is 22.7. The van der Waals surface area contributed by atoms with Gasteiger partial charge in [-0.1, -0.05) is 6.07 Å². The molecular weight excluding hydrogens is 431 g/mol. The van der Waals surface area contributed by atoms with E-state index in [9.17, 15) is 18.0 Å². The third kappa shape index (κ3) is 4.43. The molecule has 0 saturated heterocycles. The molecule has 0 aliphatic carbocycles. The second-order valence-corrected chi connectivity index (χ2v) is 6.42. The number of benzene rings is 2. The number of ether oxygens (including phenoxy) is 3. The highest BCUT2D eigenvalue weighted by atomic mass is 19.2. The summed E-state index contributed by atoms with van der Waals surface area (Å²) in [7, 11) is 1.49. The normalized spacial score (nSPS) is 11.8. The molecule has 0 atom stereocenters. The van der Waals surface area contributed by atoms with Crippen LogP contribution in [-0.2, 0) is 4.79 Å². The SMILES string of the molecule is CNC(=O)COc1cccc(Nc2ncc(F)c(Nc3cc4c(F)c(F)c3OCO4)n2)c1. The lowest BCUT2D eigenvalue weighted by Gasteiger charge is -2.12. The van der Waals surface area contributed by atoms with Crippen LogP contribution in [0.1, 0.15) is 0 Å². The Balaban J connectivity index is 1.54. The maximum Gasteiger partial charge on any atom is 0.257 e. The summed E-state index contributed by atoms with van der Waals surface area (Å²) in [5, 5.41) is 7.88. The number of nitrogens with one attached hydrogen (secondary N) is 3. The quantitative estimate of drug-likeness (QED) is 0.507. The first-order valence-electron chi connectivity index (χ1n) is 9.22. The topological polar surface area (TPSA) is 107 Å². The smallest absolute Gasteiger partial charge is 0.257 e. The van der Waals surface area contributed by atoms with Crippen molar-refractivity contribution in [2.45, 2.75) is 0 Å². The summed E-state index contributed by atoms with van der Waals surface area (Å²) in [6, 6.07) is 7.74. The van der Waals surface area contributed by atoms with E-state index in [0.29, 0.717) is 11.4 Å². The van der Waals surface area contributed by atoms with Crippen LogP contribution < -0.4 is 30.2 Å². The number of hydrogen-bond acceptors (Lipinski definition) is 8. The minimum atomic E-state index is -1.26. The number of rotatable bonds is 7. The molecule has 9 nitrogen and oxygen atoms in total. The fraction of sp³-hybridized carbons (Fsp3) is 0.150. The number of aromatic nitrogens is 2. The second kappa shape index (κ2) is 8.88. The van der Waals surface area contributed by atoms with Crippen molar-refractivity contribution in [3.63, 3.8) is 0 Å². The number of carbonyl (C=O) groups is 1. The molecule has 0 unspecified atom stereocenters.